The molecule has 0 atom stereocenters. The summed E-state index contributed by atoms with van der Waals surface area (Å²) in [5.41, 5.74) is 0.761. The number of nitrogens with one attached hydrogen (secondary N) is 1. The van der Waals surface area contributed by atoms with Gasteiger partial charge in [-0.15, -0.1) is 0 Å². The van der Waals surface area contributed by atoms with Gasteiger partial charge < -0.3 is 19.5 Å². The molecule has 1 saturated heterocycles. The molecule has 0 aliphatic carbocycles. The fraction of sp³-hybridized carbons (Fsp3) is 0.444. The van der Waals surface area contributed by atoms with Crippen molar-refractivity contribution in [1.82, 2.24) is 25.3 Å². The Kier molecular flexibility index (Phi) is 6.02. The van der Waals surface area contributed by atoms with Gasteiger partial charge in [0.15, 0.2) is 5.69 Å². The predicted molar refractivity (Wildman–Crippen MR) is 96.7 cm³/mol. The van der Waals surface area contributed by atoms with E-state index in [-0.39, 0.29) is 11.8 Å². The van der Waals surface area contributed by atoms with Gasteiger partial charge in [0.2, 0.25) is 5.88 Å². The van der Waals surface area contributed by atoms with Gasteiger partial charge in [-0.1, -0.05) is 5.16 Å². The molecule has 2 aromatic heterocycles. The van der Waals surface area contributed by atoms with E-state index < -0.39 is 0 Å². The molecule has 1 aliphatic rings. The van der Waals surface area contributed by atoms with E-state index in [0.717, 1.165) is 13.1 Å². The first-order valence-corrected chi connectivity index (χ1v) is 8.80. The van der Waals surface area contributed by atoms with Crippen LogP contribution in [0.1, 0.15) is 26.6 Å². The number of nitrogens with zero attached hydrogens (tertiary/aromatic N) is 4. The molecule has 2 amide bonds. The second kappa shape index (κ2) is 8.63. The summed E-state index contributed by atoms with van der Waals surface area (Å²) in [5, 5.41) is 6.66. The molecule has 2 aromatic rings. The van der Waals surface area contributed by atoms with Crippen molar-refractivity contribution in [2.75, 3.05) is 46.4 Å². The monoisotopic (exact) mass is 373 g/mol. The first-order chi connectivity index (χ1) is 13.1. The van der Waals surface area contributed by atoms with Crippen LogP contribution < -0.4 is 10.1 Å². The van der Waals surface area contributed by atoms with Crippen LogP contribution in [0.5, 0.6) is 5.88 Å². The van der Waals surface area contributed by atoms with Crippen molar-refractivity contribution in [2.24, 2.45) is 0 Å². The maximum absolute atomic E-state index is 12.4. The lowest BCUT2D eigenvalue weighted by Gasteiger charge is -2.34. The Morgan fingerprint density at radius 2 is 2.07 bits per heavy atom. The minimum absolute atomic E-state index is 0.108. The van der Waals surface area contributed by atoms with Crippen LogP contribution in [0.3, 0.4) is 0 Å². The number of piperazine rings is 1. The Bertz CT molecular complexity index is 799. The van der Waals surface area contributed by atoms with Gasteiger partial charge in [-0.25, -0.2) is 4.98 Å². The van der Waals surface area contributed by atoms with Gasteiger partial charge in [0.25, 0.3) is 11.8 Å². The first-order valence-electron chi connectivity index (χ1n) is 8.80. The number of amides is 2. The van der Waals surface area contributed by atoms with Gasteiger partial charge in [0, 0.05) is 51.5 Å². The molecule has 0 saturated carbocycles. The summed E-state index contributed by atoms with van der Waals surface area (Å²) in [7, 11) is 1.49. The van der Waals surface area contributed by atoms with Gasteiger partial charge in [-0.3, -0.25) is 14.5 Å². The average Bonchev–Trinajstić information content (AvgIpc) is 3.14. The smallest absolute Gasteiger partial charge is 0.276 e. The summed E-state index contributed by atoms with van der Waals surface area (Å²) in [6.07, 6.45) is 1.58. The molecule has 9 heteroatoms. The molecule has 0 unspecified atom stereocenters. The summed E-state index contributed by atoms with van der Waals surface area (Å²) < 4.78 is 10.1. The van der Waals surface area contributed by atoms with Crippen molar-refractivity contribution >= 4 is 11.8 Å². The van der Waals surface area contributed by atoms with Gasteiger partial charge in [-0.2, -0.15) is 0 Å². The zero-order chi connectivity index (χ0) is 19.2. The highest BCUT2D eigenvalue weighted by atomic mass is 16.5. The van der Waals surface area contributed by atoms with E-state index in [1.165, 1.54) is 7.11 Å². The summed E-state index contributed by atoms with van der Waals surface area (Å²) in [6, 6.07) is 5.03. The molecular formula is C18H23N5O4. The number of aryl methyl sites for hydroxylation is 1. The summed E-state index contributed by atoms with van der Waals surface area (Å²) >= 11 is 0. The topological polar surface area (TPSA) is 101 Å². The third kappa shape index (κ3) is 4.62. The van der Waals surface area contributed by atoms with Crippen molar-refractivity contribution in [3.05, 3.63) is 41.4 Å². The lowest BCUT2D eigenvalue weighted by atomic mass is 10.2. The Labute approximate surface area is 157 Å². The molecule has 0 radical (unpaired) electrons. The molecular weight excluding hydrogens is 350 g/mol. The number of hydrogen-bond acceptors (Lipinski definition) is 7. The van der Waals surface area contributed by atoms with Crippen molar-refractivity contribution in [1.29, 1.82) is 0 Å². The molecule has 3 heterocycles. The van der Waals surface area contributed by atoms with E-state index in [9.17, 15) is 9.59 Å². The lowest BCUT2D eigenvalue weighted by Crippen LogP contribution is -2.50. The summed E-state index contributed by atoms with van der Waals surface area (Å²) in [5.74, 6) is 0.613. The number of ether oxygens (including phenoxy) is 1. The Hall–Kier alpha value is -2.94. The zero-order valence-corrected chi connectivity index (χ0v) is 15.5. The van der Waals surface area contributed by atoms with Crippen LogP contribution in [0.25, 0.3) is 0 Å². The molecule has 0 bridgehead atoms. The number of methoxy groups -OCH3 is 1. The number of pyridine rings is 1. The summed E-state index contributed by atoms with van der Waals surface area (Å²) in [4.78, 5) is 32.6. The predicted octanol–water partition coefficient (Wildman–Crippen LogP) is 0.574. The Morgan fingerprint density at radius 1 is 1.30 bits per heavy atom. The van der Waals surface area contributed by atoms with Crippen molar-refractivity contribution in [2.45, 2.75) is 6.92 Å². The minimum atomic E-state index is -0.213. The Balaban J connectivity index is 1.42. The van der Waals surface area contributed by atoms with Gasteiger partial charge in [0.05, 0.1) is 7.11 Å². The van der Waals surface area contributed by atoms with E-state index >= 15 is 0 Å². The summed E-state index contributed by atoms with van der Waals surface area (Å²) in [6.45, 7) is 5.71. The van der Waals surface area contributed by atoms with Gasteiger partial charge in [-0.05, 0) is 19.1 Å². The normalized spacial score (nSPS) is 14.8. The second-order valence-electron chi connectivity index (χ2n) is 6.27. The zero-order valence-electron chi connectivity index (χ0n) is 15.5. The van der Waals surface area contributed by atoms with Gasteiger partial charge in [0.1, 0.15) is 11.3 Å². The van der Waals surface area contributed by atoms with Crippen LogP contribution in [0, 0.1) is 6.92 Å². The number of hydrogen-bond donors (Lipinski definition) is 1. The molecule has 144 valence electrons. The molecule has 0 spiro atoms. The molecule has 1 N–H and O–H groups in total. The highest BCUT2D eigenvalue weighted by molar-refractivity contribution is 5.96. The molecule has 1 fully saturated rings. The van der Waals surface area contributed by atoms with E-state index in [1.807, 2.05) is 0 Å². The molecule has 0 aromatic carbocycles. The number of aromatic nitrogens is 2. The minimum Gasteiger partial charge on any atom is -0.480 e. The molecule has 27 heavy (non-hydrogen) atoms. The standard InChI is InChI=1S/C18H23N5O4/c1-13-12-15(21-27-13)18(25)23-10-8-22(9-11-23)7-6-19-16(24)14-4-3-5-20-17(14)26-2/h3-5,12H,6-11H2,1-2H3,(H,19,24). The van der Waals surface area contributed by atoms with E-state index in [1.54, 1.807) is 36.2 Å². The van der Waals surface area contributed by atoms with Crippen LogP contribution in [-0.4, -0.2) is 78.1 Å². The third-order valence-electron chi connectivity index (χ3n) is 4.43. The fourth-order valence-corrected chi connectivity index (χ4v) is 2.95. The van der Waals surface area contributed by atoms with Crippen molar-refractivity contribution < 1.29 is 18.8 Å². The third-order valence-corrected chi connectivity index (χ3v) is 4.43. The quantitative estimate of drug-likeness (QED) is 0.790. The van der Waals surface area contributed by atoms with E-state index in [2.05, 4.69) is 20.4 Å². The lowest BCUT2D eigenvalue weighted by molar-refractivity contribution is 0.0628. The van der Waals surface area contributed by atoms with Crippen molar-refractivity contribution in [3.8, 4) is 5.88 Å². The number of rotatable bonds is 6. The van der Waals surface area contributed by atoms with Crippen LogP contribution in [0.4, 0.5) is 0 Å². The Morgan fingerprint density at radius 3 is 2.74 bits per heavy atom. The number of carbonyl (C=O) groups is 2. The fourth-order valence-electron chi connectivity index (χ4n) is 2.95. The van der Waals surface area contributed by atoms with E-state index in [4.69, 9.17) is 9.26 Å². The average molecular weight is 373 g/mol. The highest BCUT2D eigenvalue weighted by Gasteiger charge is 2.24. The maximum Gasteiger partial charge on any atom is 0.276 e. The second-order valence-corrected chi connectivity index (χ2v) is 6.27. The SMILES string of the molecule is COc1ncccc1C(=O)NCCN1CCN(C(=O)c2cc(C)on2)CC1. The van der Waals surface area contributed by atoms with Crippen LogP contribution in [0.2, 0.25) is 0 Å². The molecule has 1 aliphatic heterocycles. The van der Waals surface area contributed by atoms with Crippen molar-refractivity contribution in [3.63, 3.8) is 0 Å². The molecule has 3 rings (SSSR count). The van der Waals surface area contributed by atoms with Crippen LogP contribution in [-0.2, 0) is 0 Å². The first kappa shape index (κ1) is 18.8. The van der Waals surface area contributed by atoms with E-state index in [0.29, 0.717) is 49.1 Å². The number of carbonyl (C=O) groups excluding carboxylic acids is 2. The van der Waals surface area contributed by atoms with Crippen LogP contribution >= 0.6 is 0 Å². The highest BCUT2D eigenvalue weighted by Crippen LogP contribution is 2.13. The maximum atomic E-state index is 12.4. The largest absolute Gasteiger partial charge is 0.480 e. The van der Waals surface area contributed by atoms with Gasteiger partial charge >= 0.3 is 0 Å². The van der Waals surface area contributed by atoms with Crippen LogP contribution in [0.15, 0.2) is 28.9 Å². The molecule has 9 nitrogen and oxygen atoms in total.